The van der Waals surface area contributed by atoms with Gasteiger partial charge >= 0.3 is 0 Å². The second-order valence-electron chi connectivity index (χ2n) is 13.4. The minimum atomic E-state index is -0.469. The molecule has 0 N–H and O–H groups in total. The zero-order chi connectivity index (χ0) is 33.1. The molecule has 7 aromatic rings. The van der Waals surface area contributed by atoms with Gasteiger partial charge < -0.3 is 4.74 Å². The fourth-order valence-corrected chi connectivity index (χ4v) is 8.56. The number of benzene rings is 7. The van der Waals surface area contributed by atoms with Crippen molar-refractivity contribution < 1.29 is 4.74 Å². The molecule has 1 atom stereocenters. The van der Waals surface area contributed by atoms with Crippen LogP contribution in [0.15, 0.2) is 187 Å². The molecule has 1 spiro atoms. The van der Waals surface area contributed by atoms with Gasteiger partial charge in [-0.05, 0) is 80.3 Å². The van der Waals surface area contributed by atoms with Crippen molar-refractivity contribution in [3.05, 3.63) is 221 Å². The Bertz CT molecular complexity index is 2450. The van der Waals surface area contributed by atoms with E-state index >= 15 is 0 Å². The predicted octanol–water partition coefficient (Wildman–Crippen LogP) is 11.8. The number of para-hydroxylation sites is 1. The zero-order valence-electron chi connectivity index (χ0n) is 27.5. The van der Waals surface area contributed by atoms with Crippen molar-refractivity contribution in [2.45, 2.75) is 17.9 Å². The van der Waals surface area contributed by atoms with E-state index in [1.165, 1.54) is 55.6 Å². The van der Waals surface area contributed by atoms with Crippen LogP contribution >= 0.6 is 0 Å². The molecule has 0 amide bonds. The first-order valence-electron chi connectivity index (χ1n) is 17.4. The number of nitrogens with zero attached hydrogens (tertiary/aromatic N) is 1. The van der Waals surface area contributed by atoms with Gasteiger partial charge in [0, 0.05) is 11.1 Å². The lowest BCUT2D eigenvalue weighted by atomic mass is 9.66. The Morgan fingerprint density at radius 1 is 0.460 bits per heavy atom. The van der Waals surface area contributed by atoms with Gasteiger partial charge in [-0.25, -0.2) is 0 Å². The van der Waals surface area contributed by atoms with E-state index in [0.717, 1.165) is 34.8 Å². The molecule has 2 heterocycles. The first-order valence-corrected chi connectivity index (χ1v) is 17.4. The van der Waals surface area contributed by atoms with Crippen LogP contribution in [0.3, 0.4) is 0 Å². The minimum absolute atomic E-state index is 0.0424. The fourth-order valence-electron chi connectivity index (χ4n) is 8.56. The van der Waals surface area contributed by atoms with Gasteiger partial charge in [0.1, 0.15) is 11.5 Å². The Balaban J connectivity index is 1.14. The van der Waals surface area contributed by atoms with Gasteiger partial charge in [0.15, 0.2) is 0 Å². The van der Waals surface area contributed by atoms with Gasteiger partial charge in [-0.2, -0.15) is 0 Å². The first kappa shape index (κ1) is 28.7. The summed E-state index contributed by atoms with van der Waals surface area (Å²) in [5.41, 5.74) is 15.3. The van der Waals surface area contributed by atoms with E-state index in [4.69, 9.17) is 9.73 Å². The van der Waals surface area contributed by atoms with Crippen molar-refractivity contribution in [2.24, 2.45) is 4.99 Å². The number of allylic oxidation sites excluding steroid dienone is 1. The highest BCUT2D eigenvalue weighted by molar-refractivity contribution is 6.13. The van der Waals surface area contributed by atoms with E-state index < -0.39 is 5.41 Å². The summed E-state index contributed by atoms with van der Waals surface area (Å²) in [6, 6.07) is 63.2. The maximum Gasteiger partial charge on any atom is 0.132 e. The van der Waals surface area contributed by atoms with Crippen LogP contribution in [0, 0.1) is 0 Å². The summed E-state index contributed by atoms with van der Waals surface area (Å²) in [4.78, 5) is 5.42. The average Bonchev–Trinajstić information content (AvgIpc) is 3.49. The van der Waals surface area contributed by atoms with E-state index in [1.54, 1.807) is 0 Å². The first-order chi connectivity index (χ1) is 24.8. The van der Waals surface area contributed by atoms with E-state index in [2.05, 4.69) is 182 Å². The predicted molar refractivity (Wildman–Crippen MR) is 204 cm³/mol. The molecule has 0 saturated carbocycles. The molecule has 2 nitrogen and oxygen atoms in total. The quantitative estimate of drug-likeness (QED) is 0.188. The van der Waals surface area contributed by atoms with Crippen LogP contribution in [0.4, 0.5) is 0 Å². The maximum absolute atomic E-state index is 6.85. The molecule has 2 aliphatic heterocycles. The minimum Gasteiger partial charge on any atom is -0.457 e. The Hall–Kier alpha value is -6.25. The number of hydrogen-bond acceptors (Lipinski definition) is 2. The van der Waals surface area contributed by atoms with Crippen LogP contribution in [0.1, 0.15) is 51.4 Å². The highest BCUT2D eigenvalue weighted by Crippen LogP contribution is 2.62. The van der Waals surface area contributed by atoms with Crippen LogP contribution in [0.5, 0.6) is 11.5 Å². The smallest absolute Gasteiger partial charge is 0.132 e. The third kappa shape index (κ3) is 4.32. The second-order valence-corrected chi connectivity index (χ2v) is 13.4. The number of ether oxygens (including phenoxy) is 1. The standard InChI is InChI=1S/C48H33NO/c1-3-15-32(16-4-1)35-29-44(33-17-5-2-6-18-33)49-45(30-35)39-22-8-7-19-36(39)34-27-28-43-47(31-34)50-46-26-14-13-25-42(46)48(43)40-23-11-9-20-37(40)38-21-10-12-24-41(38)48/h1-29,31,45H,30H2. The molecule has 3 aliphatic rings. The molecule has 7 aromatic carbocycles. The molecule has 236 valence electrons. The topological polar surface area (TPSA) is 21.6 Å². The highest BCUT2D eigenvalue weighted by atomic mass is 16.5. The molecule has 0 radical (unpaired) electrons. The third-order valence-corrected chi connectivity index (χ3v) is 10.7. The van der Waals surface area contributed by atoms with Crippen LogP contribution in [-0.2, 0) is 5.41 Å². The summed E-state index contributed by atoms with van der Waals surface area (Å²) in [6.45, 7) is 0. The molecule has 1 aliphatic carbocycles. The number of aliphatic imine (C=N–C) groups is 1. The lowest BCUT2D eigenvalue weighted by molar-refractivity contribution is 0.436. The Labute approximate surface area is 292 Å². The van der Waals surface area contributed by atoms with Gasteiger partial charge in [0.2, 0.25) is 0 Å². The summed E-state index contributed by atoms with van der Waals surface area (Å²) < 4.78 is 6.85. The van der Waals surface area contributed by atoms with Crippen molar-refractivity contribution in [2.75, 3.05) is 0 Å². The molecule has 0 saturated heterocycles. The van der Waals surface area contributed by atoms with Crippen LogP contribution in [0.25, 0.3) is 27.8 Å². The lowest BCUT2D eigenvalue weighted by Gasteiger charge is -2.39. The Kier molecular flexibility index (Phi) is 6.57. The normalized spacial score (nSPS) is 16.3. The molecule has 2 heteroatoms. The van der Waals surface area contributed by atoms with Crippen LogP contribution < -0.4 is 4.74 Å². The monoisotopic (exact) mass is 639 g/mol. The summed E-state index contributed by atoms with van der Waals surface area (Å²) in [5, 5.41) is 0. The third-order valence-electron chi connectivity index (χ3n) is 10.7. The Morgan fingerprint density at radius 3 is 1.74 bits per heavy atom. The summed E-state index contributed by atoms with van der Waals surface area (Å²) >= 11 is 0. The molecule has 10 rings (SSSR count). The second kappa shape index (κ2) is 11.4. The molecule has 0 bridgehead atoms. The molecule has 50 heavy (non-hydrogen) atoms. The number of rotatable bonds is 4. The average molecular weight is 640 g/mol. The van der Waals surface area contributed by atoms with Gasteiger partial charge in [0.25, 0.3) is 0 Å². The SMILES string of the molecule is C1=C(c2ccccc2)CC(c2ccccc2-c2ccc3c(c2)Oc2ccccc2C32c3ccccc3-c3ccccc32)N=C1c1ccccc1. The van der Waals surface area contributed by atoms with Crippen molar-refractivity contribution >= 4 is 11.3 Å². The lowest BCUT2D eigenvalue weighted by Crippen LogP contribution is -2.32. The fraction of sp³-hybridized carbons (Fsp3) is 0.0625. The zero-order valence-corrected chi connectivity index (χ0v) is 27.5. The van der Waals surface area contributed by atoms with Crippen molar-refractivity contribution in [1.82, 2.24) is 0 Å². The summed E-state index contributed by atoms with van der Waals surface area (Å²) in [6.07, 6.45) is 3.09. The van der Waals surface area contributed by atoms with Crippen molar-refractivity contribution in [1.29, 1.82) is 0 Å². The molecular formula is C48H33NO. The molecule has 0 fully saturated rings. The number of fused-ring (bicyclic) bond motifs is 9. The van der Waals surface area contributed by atoms with Gasteiger partial charge in [-0.1, -0.05) is 164 Å². The molecule has 1 unspecified atom stereocenters. The summed E-state index contributed by atoms with van der Waals surface area (Å²) in [7, 11) is 0. The van der Waals surface area contributed by atoms with E-state index in [1.807, 2.05) is 0 Å². The van der Waals surface area contributed by atoms with Gasteiger partial charge in [-0.15, -0.1) is 0 Å². The highest BCUT2D eigenvalue weighted by Gasteiger charge is 2.50. The van der Waals surface area contributed by atoms with Crippen molar-refractivity contribution in [3.8, 4) is 33.8 Å². The molecule has 0 aromatic heterocycles. The van der Waals surface area contributed by atoms with Crippen molar-refractivity contribution in [3.63, 3.8) is 0 Å². The Morgan fingerprint density at radius 2 is 1.02 bits per heavy atom. The largest absolute Gasteiger partial charge is 0.457 e. The number of hydrogen-bond donors (Lipinski definition) is 0. The van der Waals surface area contributed by atoms with E-state index in [9.17, 15) is 0 Å². The van der Waals surface area contributed by atoms with Gasteiger partial charge in [-0.3, -0.25) is 4.99 Å². The van der Waals surface area contributed by atoms with Gasteiger partial charge in [0.05, 0.1) is 17.2 Å². The summed E-state index contributed by atoms with van der Waals surface area (Å²) in [5.74, 6) is 1.79. The van der Waals surface area contributed by atoms with E-state index in [-0.39, 0.29) is 6.04 Å². The molecular weight excluding hydrogens is 607 g/mol. The van der Waals surface area contributed by atoms with Crippen LogP contribution in [-0.4, -0.2) is 5.71 Å². The van der Waals surface area contributed by atoms with E-state index in [0.29, 0.717) is 0 Å². The number of dihydropyridines is 1. The van der Waals surface area contributed by atoms with Crippen LogP contribution in [0.2, 0.25) is 0 Å². The maximum atomic E-state index is 6.85.